The molecular weight excluding hydrogens is 203 g/mol. The van der Waals surface area contributed by atoms with E-state index in [-0.39, 0.29) is 62.0 Å². The van der Waals surface area contributed by atoms with Crippen molar-refractivity contribution in [3.8, 4) is 0 Å². The van der Waals surface area contributed by atoms with Crippen LogP contribution in [0.1, 0.15) is 26.3 Å². The largest absolute Gasteiger partial charge is 1.00 e. The summed E-state index contributed by atoms with van der Waals surface area (Å²) in [5.41, 5.74) is 1.39. The second-order valence-electron chi connectivity index (χ2n) is 5.02. The Morgan fingerprint density at radius 2 is 1.83 bits per heavy atom. The van der Waals surface area contributed by atoms with Gasteiger partial charge in [-0.05, 0) is 0 Å². The Morgan fingerprint density at radius 1 is 1.22 bits per heavy atom. The standard InChI is InChI=1S/C14H20N.3Li/c1-12(14(2,3)4)10-15-11-13-8-6-5-7-9-13;;;/h5-8,12H,1,10-11H2,2-4H3;;;/q-3;3*+1. The molecule has 0 saturated carbocycles. The summed E-state index contributed by atoms with van der Waals surface area (Å²) < 4.78 is 0. The molecule has 0 bridgehead atoms. The average molecular weight is 223 g/mol. The molecule has 0 spiro atoms. The summed E-state index contributed by atoms with van der Waals surface area (Å²) in [4.78, 5) is 0. The number of rotatable bonds is 4. The number of nitrogens with zero attached hydrogens (tertiary/aromatic N) is 1. The van der Waals surface area contributed by atoms with E-state index in [0.29, 0.717) is 5.92 Å². The topological polar surface area (TPSA) is 14.1 Å². The fourth-order valence-corrected chi connectivity index (χ4v) is 1.14. The van der Waals surface area contributed by atoms with E-state index in [4.69, 9.17) is 0 Å². The Morgan fingerprint density at radius 3 is 2.28 bits per heavy atom. The third kappa shape index (κ3) is 9.84. The minimum Gasteiger partial charge on any atom is -0.662 e. The van der Waals surface area contributed by atoms with Gasteiger partial charge in [0.05, 0.1) is 0 Å². The van der Waals surface area contributed by atoms with Crippen molar-refractivity contribution in [1.29, 1.82) is 0 Å². The molecule has 0 aliphatic heterocycles. The van der Waals surface area contributed by atoms with E-state index in [2.05, 4.69) is 45.1 Å². The Hall–Kier alpha value is 0.972. The minimum absolute atomic E-state index is 0. The van der Waals surface area contributed by atoms with E-state index in [1.54, 1.807) is 0 Å². The summed E-state index contributed by atoms with van der Waals surface area (Å²) >= 11 is 0. The maximum Gasteiger partial charge on any atom is 1.00 e. The van der Waals surface area contributed by atoms with Gasteiger partial charge in [-0.1, -0.05) is 26.2 Å². The van der Waals surface area contributed by atoms with Crippen molar-refractivity contribution in [2.45, 2.75) is 27.3 Å². The van der Waals surface area contributed by atoms with Crippen LogP contribution >= 0.6 is 0 Å². The van der Waals surface area contributed by atoms with Crippen LogP contribution in [0.2, 0.25) is 0 Å². The van der Waals surface area contributed by atoms with Gasteiger partial charge in [-0.2, -0.15) is 48.4 Å². The van der Waals surface area contributed by atoms with Crippen LogP contribution in [0.5, 0.6) is 0 Å². The van der Waals surface area contributed by atoms with Crippen molar-refractivity contribution in [2.24, 2.45) is 11.3 Å². The normalized spacial score (nSPS) is 11.6. The zero-order valence-electron chi connectivity index (χ0n) is 13.0. The van der Waals surface area contributed by atoms with Gasteiger partial charge in [-0.3, -0.25) is 0 Å². The molecule has 1 nitrogen and oxygen atoms in total. The monoisotopic (exact) mass is 223 g/mol. The van der Waals surface area contributed by atoms with Gasteiger partial charge < -0.3 is 12.2 Å². The summed E-state index contributed by atoms with van der Waals surface area (Å²) in [6.07, 6.45) is 0. The van der Waals surface area contributed by atoms with Crippen molar-refractivity contribution < 1.29 is 56.6 Å². The van der Waals surface area contributed by atoms with Crippen LogP contribution in [0.15, 0.2) is 24.3 Å². The molecule has 1 aromatic rings. The molecule has 18 heavy (non-hydrogen) atoms. The van der Waals surface area contributed by atoms with Crippen LogP contribution in [-0.4, -0.2) is 6.54 Å². The molecule has 84 valence electrons. The summed E-state index contributed by atoms with van der Waals surface area (Å²) in [6.45, 7) is 12.3. The number of hydrogen-bond acceptors (Lipinski definition) is 0. The van der Waals surface area contributed by atoms with Crippen molar-refractivity contribution in [3.63, 3.8) is 0 Å². The predicted molar refractivity (Wildman–Crippen MR) is 65.5 cm³/mol. The number of hydrogen-bond donors (Lipinski definition) is 0. The predicted octanol–water partition coefficient (Wildman–Crippen LogP) is -5.13. The van der Waals surface area contributed by atoms with Gasteiger partial charge in [0.25, 0.3) is 0 Å². The van der Waals surface area contributed by atoms with E-state index < -0.39 is 0 Å². The summed E-state index contributed by atoms with van der Waals surface area (Å²) in [7, 11) is 0. The maximum absolute atomic E-state index is 4.51. The van der Waals surface area contributed by atoms with E-state index in [0.717, 1.165) is 18.7 Å². The maximum atomic E-state index is 4.51. The van der Waals surface area contributed by atoms with Gasteiger partial charge in [0.1, 0.15) is 0 Å². The van der Waals surface area contributed by atoms with Crippen LogP contribution in [0, 0.1) is 24.3 Å². The Bertz CT molecular complexity index is 283. The SMILES string of the molecule is [CH2-]C(C[N-]Cc1[c-]cccc1)C(C)(C)C.[Li+].[Li+].[Li+]. The first-order valence-electron chi connectivity index (χ1n) is 5.42. The Balaban J connectivity index is -0.000000750. The van der Waals surface area contributed by atoms with Crippen LogP contribution in [0.25, 0.3) is 5.32 Å². The zero-order chi connectivity index (χ0) is 11.3. The molecule has 0 amide bonds. The summed E-state index contributed by atoms with van der Waals surface area (Å²) in [5.74, 6) is 0.376. The van der Waals surface area contributed by atoms with E-state index in [1.807, 2.05) is 18.2 Å². The van der Waals surface area contributed by atoms with Gasteiger partial charge in [0.2, 0.25) is 0 Å². The molecule has 0 saturated heterocycles. The van der Waals surface area contributed by atoms with Crippen LogP contribution in [0.4, 0.5) is 0 Å². The molecule has 0 N–H and O–H groups in total. The fraction of sp³-hybridized carbons (Fsp3) is 0.500. The first kappa shape index (κ1) is 24.0. The second kappa shape index (κ2) is 11.8. The van der Waals surface area contributed by atoms with E-state index in [9.17, 15) is 0 Å². The first-order chi connectivity index (χ1) is 7.00. The van der Waals surface area contributed by atoms with E-state index in [1.165, 1.54) is 0 Å². The van der Waals surface area contributed by atoms with Gasteiger partial charge in [-0.25, -0.2) is 0 Å². The molecule has 0 aliphatic rings. The van der Waals surface area contributed by atoms with Gasteiger partial charge in [-0.15, -0.1) is 6.54 Å². The smallest absolute Gasteiger partial charge is 0.662 e. The molecule has 0 radical (unpaired) electrons. The number of benzene rings is 1. The third-order valence-corrected chi connectivity index (χ3v) is 2.63. The molecule has 1 rings (SSSR count). The van der Waals surface area contributed by atoms with Crippen molar-refractivity contribution in [3.05, 3.63) is 48.1 Å². The zero-order valence-corrected chi connectivity index (χ0v) is 13.0. The quantitative estimate of drug-likeness (QED) is 0.358. The summed E-state index contributed by atoms with van der Waals surface area (Å²) in [6, 6.07) is 11.1. The molecule has 0 aromatic heterocycles. The van der Waals surface area contributed by atoms with Crippen molar-refractivity contribution in [1.82, 2.24) is 0 Å². The van der Waals surface area contributed by atoms with Crippen LogP contribution < -0.4 is 56.6 Å². The van der Waals surface area contributed by atoms with Gasteiger partial charge >= 0.3 is 56.6 Å². The second-order valence-corrected chi connectivity index (χ2v) is 5.02. The molecule has 0 fully saturated rings. The molecule has 0 heterocycles. The van der Waals surface area contributed by atoms with Gasteiger partial charge in [0, 0.05) is 0 Å². The molecular formula is C14H20Li3N. The van der Waals surface area contributed by atoms with Crippen LogP contribution in [0.3, 0.4) is 0 Å². The van der Waals surface area contributed by atoms with Crippen LogP contribution in [-0.2, 0) is 6.54 Å². The van der Waals surface area contributed by atoms with E-state index >= 15 is 0 Å². The Kier molecular flexibility index (Phi) is 15.7. The molecule has 0 aliphatic carbocycles. The molecule has 1 atom stereocenters. The summed E-state index contributed by atoms with van der Waals surface area (Å²) in [5, 5.41) is 4.51. The van der Waals surface area contributed by atoms with Crippen molar-refractivity contribution in [2.75, 3.05) is 6.54 Å². The molecule has 1 unspecified atom stereocenters. The van der Waals surface area contributed by atoms with Gasteiger partial charge in [0.15, 0.2) is 0 Å². The average Bonchev–Trinajstić information content (AvgIpc) is 2.18. The molecule has 1 aromatic carbocycles. The minimum atomic E-state index is 0. The fourth-order valence-electron chi connectivity index (χ4n) is 1.14. The molecule has 4 heteroatoms. The van der Waals surface area contributed by atoms with Crippen molar-refractivity contribution >= 4 is 0 Å². The Labute approximate surface area is 149 Å². The first-order valence-corrected chi connectivity index (χ1v) is 5.42. The third-order valence-electron chi connectivity index (χ3n) is 2.63.